The molecule has 0 aromatic heterocycles. The number of hydrazine groups is 1. The first kappa shape index (κ1) is 13.3. The van der Waals surface area contributed by atoms with Crippen LogP contribution in [-0.2, 0) is 15.1 Å². The van der Waals surface area contributed by atoms with E-state index in [4.69, 9.17) is 10.6 Å². The summed E-state index contributed by atoms with van der Waals surface area (Å²) >= 11 is 0. The van der Waals surface area contributed by atoms with Crippen molar-refractivity contribution in [3.05, 3.63) is 29.6 Å². The van der Waals surface area contributed by atoms with E-state index < -0.39 is 35.3 Å². The summed E-state index contributed by atoms with van der Waals surface area (Å²) in [7, 11) is 0. The number of benzene rings is 1. The van der Waals surface area contributed by atoms with Crippen LogP contribution >= 0.6 is 0 Å². The second-order valence-corrected chi connectivity index (χ2v) is 4.77. The van der Waals surface area contributed by atoms with E-state index in [-0.39, 0.29) is 17.7 Å². The van der Waals surface area contributed by atoms with Crippen molar-refractivity contribution >= 4 is 17.8 Å². The van der Waals surface area contributed by atoms with Crippen molar-refractivity contribution in [2.24, 2.45) is 5.84 Å². The van der Waals surface area contributed by atoms with Gasteiger partial charge in [-0.2, -0.15) is 0 Å². The molecule has 1 saturated heterocycles. The minimum atomic E-state index is -1.55. The average Bonchev–Trinajstić information content (AvgIpc) is 2.73. The van der Waals surface area contributed by atoms with Gasteiger partial charge in [-0.3, -0.25) is 20.3 Å². The minimum Gasteiger partial charge on any atom is -0.480 e. The SMILES string of the molecule is NNC(=O)[C@H]1C[C@@]2(NC(=O)NC2=O)c2cc(F)ccc2O1. The zero-order valence-electron chi connectivity index (χ0n) is 10.6. The number of amides is 4. The van der Waals surface area contributed by atoms with Gasteiger partial charge >= 0.3 is 6.03 Å². The van der Waals surface area contributed by atoms with Crippen LogP contribution in [0.1, 0.15) is 12.0 Å². The third kappa shape index (κ3) is 1.89. The molecular weight excluding hydrogens is 283 g/mol. The monoisotopic (exact) mass is 294 g/mol. The topological polar surface area (TPSA) is 123 Å². The predicted octanol–water partition coefficient (Wildman–Crippen LogP) is -0.999. The Morgan fingerprint density at radius 3 is 2.86 bits per heavy atom. The minimum absolute atomic E-state index is 0.133. The molecule has 3 rings (SSSR count). The largest absolute Gasteiger partial charge is 0.480 e. The number of urea groups is 1. The maximum atomic E-state index is 13.5. The standard InChI is InChI=1S/C12H11FN4O4/c13-5-1-2-7-6(3-5)12(10(19)15-11(20)16-12)4-8(21-7)9(18)17-14/h1-3,8H,4,14H2,(H,17,18)(H2,15,16,19,20)/t8-,12-/m1/s1. The lowest BCUT2D eigenvalue weighted by Gasteiger charge is -2.36. The van der Waals surface area contributed by atoms with Crippen LogP contribution in [0.15, 0.2) is 18.2 Å². The van der Waals surface area contributed by atoms with Crippen molar-refractivity contribution in [2.45, 2.75) is 18.1 Å². The number of imide groups is 1. The molecule has 5 N–H and O–H groups in total. The molecule has 2 atom stereocenters. The van der Waals surface area contributed by atoms with Crippen LogP contribution in [0.4, 0.5) is 9.18 Å². The molecule has 1 aromatic carbocycles. The predicted molar refractivity (Wildman–Crippen MR) is 66.1 cm³/mol. The van der Waals surface area contributed by atoms with Gasteiger partial charge in [-0.25, -0.2) is 15.0 Å². The van der Waals surface area contributed by atoms with Crippen LogP contribution in [-0.4, -0.2) is 23.9 Å². The molecule has 2 aliphatic rings. The Bertz CT molecular complexity index is 665. The van der Waals surface area contributed by atoms with Gasteiger partial charge in [0.1, 0.15) is 11.6 Å². The number of nitrogens with one attached hydrogen (secondary N) is 3. The lowest BCUT2D eigenvalue weighted by Crippen LogP contribution is -2.55. The molecule has 8 nitrogen and oxygen atoms in total. The molecule has 0 saturated carbocycles. The van der Waals surface area contributed by atoms with E-state index in [1.807, 2.05) is 5.43 Å². The third-order valence-corrected chi connectivity index (χ3v) is 3.54. The number of hydrogen-bond donors (Lipinski definition) is 4. The number of hydrogen-bond acceptors (Lipinski definition) is 5. The molecule has 21 heavy (non-hydrogen) atoms. The number of halogens is 1. The van der Waals surface area contributed by atoms with Crippen LogP contribution in [0.2, 0.25) is 0 Å². The summed E-state index contributed by atoms with van der Waals surface area (Å²) in [4.78, 5) is 35.3. The second kappa shape index (κ2) is 4.42. The zero-order valence-corrected chi connectivity index (χ0v) is 10.6. The third-order valence-electron chi connectivity index (χ3n) is 3.54. The molecule has 1 spiro atoms. The molecule has 2 heterocycles. The van der Waals surface area contributed by atoms with Crippen LogP contribution in [0, 0.1) is 5.82 Å². The highest BCUT2D eigenvalue weighted by molar-refractivity contribution is 6.08. The van der Waals surface area contributed by atoms with Gasteiger partial charge in [-0.1, -0.05) is 0 Å². The average molecular weight is 294 g/mol. The van der Waals surface area contributed by atoms with E-state index in [9.17, 15) is 18.8 Å². The second-order valence-electron chi connectivity index (χ2n) is 4.77. The molecule has 2 aliphatic heterocycles. The number of rotatable bonds is 1. The number of nitrogens with two attached hydrogens (primary N) is 1. The fourth-order valence-electron chi connectivity index (χ4n) is 2.59. The highest BCUT2D eigenvalue weighted by Gasteiger charge is 2.54. The van der Waals surface area contributed by atoms with Gasteiger partial charge in [-0.15, -0.1) is 0 Å². The maximum absolute atomic E-state index is 13.5. The Labute approximate surface area is 117 Å². The van der Waals surface area contributed by atoms with Gasteiger partial charge < -0.3 is 10.1 Å². The number of carbonyl (C=O) groups is 3. The Hall–Kier alpha value is -2.68. The van der Waals surface area contributed by atoms with E-state index in [1.54, 1.807) is 0 Å². The number of fused-ring (bicyclic) bond motifs is 2. The van der Waals surface area contributed by atoms with Crippen LogP contribution in [0.25, 0.3) is 0 Å². The summed E-state index contributed by atoms with van der Waals surface area (Å²) in [5, 5.41) is 4.53. The van der Waals surface area contributed by atoms with Gasteiger partial charge in [0.2, 0.25) is 0 Å². The summed E-state index contributed by atoms with van der Waals surface area (Å²) in [5.41, 5.74) is 0.534. The van der Waals surface area contributed by atoms with Gasteiger partial charge in [-0.05, 0) is 18.2 Å². The van der Waals surface area contributed by atoms with Crippen molar-refractivity contribution in [2.75, 3.05) is 0 Å². The van der Waals surface area contributed by atoms with E-state index >= 15 is 0 Å². The van der Waals surface area contributed by atoms with Crippen LogP contribution in [0.3, 0.4) is 0 Å². The fourth-order valence-corrected chi connectivity index (χ4v) is 2.59. The first-order valence-electron chi connectivity index (χ1n) is 6.07. The normalized spacial score (nSPS) is 26.7. The van der Waals surface area contributed by atoms with E-state index in [2.05, 4.69) is 10.6 Å². The Morgan fingerprint density at radius 2 is 2.24 bits per heavy atom. The Kier molecular flexibility index (Phi) is 2.80. The van der Waals surface area contributed by atoms with Crippen molar-refractivity contribution in [3.8, 4) is 5.75 Å². The van der Waals surface area contributed by atoms with Gasteiger partial charge in [0, 0.05) is 12.0 Å². The van der Waals surface area contributed by atoms with Crippen molar-refractivity contribution in [1.82, 2.24) is 16.1 Å². The maximum Gasteiger partial charge on any atom is 0.322 e. The lowest BCUT2D eigenvalue weighted by molar-refractivity contribution is -0.133. The Morgan fingerprint density at radius 1 is 1.48 bits per heavy atom. The number of ether oxygens (including phenoxy) is 1. The summed E-state index contributed by atoms with van der Waals surface area (Å²) in [6, 6.07) is 2.80. The molecule has 0 unspecified atom stereocenters. The highest BCUT2D eigenvalue weighted by Crippen LogP contribution is 2.41. The molecule has 110 valence electrons. The molecule has 0 bridgehead atoms. The fraction of sp³-hybridized carbons (Fsp3) is 0.250. The van der Waals surface area contributed by atoms with Gasteiger partial charge in [0.15, 0.2) is 11.6 Å². The van der Waals surface area contributed by atoms with E-state index in [1.165, 1.54) is 6.07 Å². The molecule has 9 heteroatoms. The summed E-state index contributed by atoms with van der Waals surface area (Å²) in [6.45, 7) is 0. The van der Waals surface area contributed by atoms with Crippen LogP contribution in [0.5, 0.6) is 5.75 Å². The van der Waals surface area contributed by atoms with E-state index in [0.29, 0.717) is 0 Å². The zero-order chi connectivity index (χ0) is 15.2. The summed E-state index contributed by atoms with van der Waals surface area (Å²) < 4.78 is 18.9. The van der Waals surface area contributed by atoms with Crippen molar-refractivity contribution in [1.29, 1.82) is 0 Å². The van der Waals surface area contributed by atoms with Crippen LogP contribution < -0.4 is 26.6 Å². The number of carbonyl (C=O) groups excluding carboxylic acids is 3. The highest BCUT2D eigenvalue weighted by atomic mass is 19.1. The van der Waals surface area contributed by atoms with Gasteiger partial charge in [0.25, 0.3) is 11.8 Å². The lowest BCUT2D eigenvalue weighted by atomic mass is 9.81. The first-order valence-corrected chi connectivity index (χ1v) is 6.07. The summed E-state index contributed by atoms with van der Waals surface area (Å²) in [5.74, 6) is 3.29. The van der Waals surface area contributed by atoms with E-state index in [0.717, 1.165) is 12.1 Å². The summed E-state index contributed by atoms with van der Waals surface area (Å²) in [6.07, 6.45) is -1.28. The quantitative estimate of drug-likeness (QED) is 0.229. The molecule has 0 radical (unpaired) electrons. The molecule has 4 amide bonds. The van der Waals surface area contributed by atoms with Gasteiger partial charge in [0.05, 0.1) is 0 Å². The smallest absolute Gasteiger partial charge is 0.322 e. The molecule has 1 aromatic rings. The molecular formula is C12H11FN4O4. The molecule has 1 fully saturated rings. The molecule has 0 aliphatic carbocycles. The van der Waals surface area contributed by atoms with Crippen molar-refractivity contribution in [3.63, 3.8) is 0 Å². The first-order chi connectivity index (χ1) is 9.96. The Balaban J connectivity index is 2.14. The van der Waals surface area contributed by atoms with Crippen molar-refractivity contribution < 1.29 is 23.5 Å².